The Balaban J connectivity index is 1.91. The SMILES string of the molecule is Cc1ccccc1-c1ccccc1C(O)(c1ccccc1)C(O)(c1ccccc1)c1ccccc1. The van der Waals surface area contributed by atoms with Gasteiger partial charge in [-0.3, -0.25) is 0 Å². The van der Waals surface area contributed by atoms with Crippen molar-refractivity contribution in [2.24, 2.45) is 0 Å². The van der Waals surface area contributed by atoms with Gasteiger partial charge in [-0.15, -0.1) is 0 Å². The van der Waals surface area contributed by atoms with Crippen molar-refractivity contribution in [2.75, 3.05) is 0 Å². The zero-order valence-electron chi connectivity index (χ0n) is 19.7. The smallest absolute Gasteiger partial charge is 0.152 e. The van der Waals surface area contributed by atoms with E-state index in [2.05, 4.69) is 19.1 Å². The normalized spacial score (nSPS) is 13.2. The van der Waals surface area contributed by atoms with E-state index in [4.69, 9.17) is 0 Å². The number of hydrogen-bond acceptors (Lipinski definition) is 2. The molecule has 0 radical (unpaired) electrons. The lowest BCUT2D eigenvalue weighted by Crippen LogP contribution is -2.51. The van der Waals surface area contributed by atoms with Gasteiger partial charge in [0.15, 0.2) is 11.2 Å². The van der Waals surface area contributed by atoms with Crippen molar-refractivity contribution in [3.8, 4) is 11.1 Å². The molecule has 5 rings (SSSR count). The fourth-order valence-electron chi connectivity index (χ4n) is 5.09. The Morgan fingerprint density at radius 3 is 1.26 bits per heavy atom. The summed E-state index contributed by atoms with van der Waals surface area (Å²) >= 11 is 0. The summed E-state index contributed by atoms with van der Waals surface area (Å²) in [4.78, 5) is 0. The summed E-state index contributed by atoms with van der Waals surface area (Å²) in [7, 11) is 0. The molecular formula is C33H28O2. The van der Waals surface area contributed by atoms with Crippen LogP contribution in [0.5, 0.6) is 0 Å². The Labute approximate surface area is 206 Å². The van der Waals surface area contributed by atoms with Crippen molar-refractivity contribution in [3.63, 3.8) is 0 Å². The van der Waals surface area contributed by atoms with E-state index < -0.39 is 11.2 Å². The van der Waals surface area contributed by atoms with Crippen LogP contribution in [0.15, 0.2) is 140 Å². The van der Waals surface area contributed by atoms with Gasteiger partial charge in [0.05, 0.1) is 0 Å². The van der Waals surface area contributed by atoms with Crippen LogP contribution in [0.3, 0.4) is 0 Å². The van der Waals surface area contributed by atoms with Gasteiger partial charge >= 0.3 is 0 Å². The average molecular weight is 457 g/mol. The van der Waals surface area contributed by atoms with E-state index in [-0.39, 0.29) is 0 Å². The summed E-state index contributed by atoms with van der Waals surface area (Å²) in [5, 5.41) is 25.9. The molecule has 2 N–H and O–H groups in total. The number of aryl methyl sites for hydroxylation is 1. The van der Waals surface area contributed by atoms with Gasteiger partial charge in [-0.05, 0) is 45.9 Å². The van der Waals surface area contributed by atoms with E-state index in [9.17, 15) is 10.2 Å². The quantitative estimate of drug-likeness (QED) is 0.294. The van der Waals surface area contributed by atoms with Crippen molar-refractivity contribution in [2.45, 2.75) is 18.1 Å². The molecule has 0 heterocycles. The van der Waals surface area contributed by atoms with E-state index in [1.165, 1.54) is 0 Å². The van der Waals surface area contributed by atoms with Gasteiger partial charge in [0.1, 0.15) is 0 Å². The number of benzene rings is 5. The summed E-state index contributed by atoms with van der Waals surface area (Å²) in [6.45, 7) is 2.06. The lowest BCUT2D eigenvalue weighted by atomic mass is 9.65. The van der Waals surface area contributed by atoms with Gasteiger partial charge in [-0.1, -0.05) is 140 Å². The molecule has 0 aromatic heterocycles. The van der Waals surface area contributed by atoms with Gasteiger partial charge in [-0.25, -0.2) is 0 Å². The standard InChI is InChI=1S/C33H28O2/c1-25-15-11-12-22-29(25)30-23-13-14-24-31(30)33(35,28-20-9-4-10-21-28)32(34,26-16-5-2-6-17-26)27-18-7-3-8-19-27/h2-24,34-35H,1H3. The largest absolute Gasteiger partial charge is 0.377 e. The molecule has 2 heteroatoms. The Kier molecular flexibility index (Phi) is 6.08. The van der Waals surface area contributed by atoms with Crippen LogP contribution < -0.4 is 0 Å². The zero-order chi connectivity index (χ0) is 24.3. The Morgan fingerprint density at radius 2 is 0.771 bits per heavy atom. The molecule has 0 fully saturated rings. The summed E-state index contributed by atoms with van der Waals surface area (Å²) in [6, 6.07) is 44.3. The van der Waals surface area contributed by atoms with Gasteiger partial charge in [0, 0.05) is 0 Å². The number of aliphatic hydroxyl groups is 2. The average Bonchev–Trinajstić information content (AvgIpc) is 2.94. The Morgan fingerprint density at radius 1 is 0.400 bits per heavy atom. The van der Waals surface area contributed by atoms with Gasteiger partial charge < -0.3 is 10.2 Å². The van der Waals surface area contributed by atoms with Crippen molar-refractivity contribution in [1.29, 1.82) is 0 Å². The molecule has 1 unspecified atom stereocenters. The van der Waals surface area contributed by atoms with Gasteiger partial charge in [-0.2, -0.15) is 0 Å². The molecule has 5 aromatic rings. The van der Waals surface area contributed by atoms with Crippen molar-refractivity contribution < 1.29 is 10.2 Å². The van der Waals surface area contributed by atoms with E-state index >= 15 is 0 Å². The highest BCUT2D eigenvalue weighted by Gasteiger charge is 2.55. The highest BCUT2D eigenvalue weighted by atomic mass is 16.4. The van der Waals surface area contributed by atoms with Crippen LogP contribution in [-0.4, -0.2) is 10.2 Å². The molecule has 0 aliphatic carbocycles. The highest BCUT2D eigenvalue weighted by molar-refractivity contribution is 5.73. The van der Waals surface area contributed by atoms with Crippen LogP contribution in [0.1, 0.15) is 27.8 Å². The van der Waals surface area contributed by atoms with Crippen molar-refractivity contribution >= 4 is 0 Å². The third-order valence-electron chi connectivity index (χ3n) is 6.85. The summed E-state index contributed by atoms with van der Waals surface area (Å²) < 4.78 is 0. The first-order chi connectivity index (χ1) is 17.1. The van der Waals surface area contributed by atoms with Crippen molar-refractivity contribution in [1.82, 2.24) is 0 Å². The molecule has 2 nitrogen and oxygen atoms in total. The molecule has 0 spiro atoms. The fraction of sp³-hybridized carbons (Fsp3) is 0.0909. The number of rotatable bonds is 6. The molecule has 0 aliphatic rings. The molecule has 5 aromatic carbocycles. The third-order valence-corrected chi connectivity index (χ3v) is 6.85. The third kappa shape index (κ3) is 3.77. The summed E-state index contributed by atoms with van der Waals surface area (Å²) in [5.41, 5.74) is 1.86. The van der Waals surface area contributed by atoms with Crippen LogP contribution in [0, 0.1) is 6.92 Å². The maximum atomic E-state index is 13.1. The lowest BCUT2D eigenvalue weighted by Gasteiger charge is -2.46. The predicted octanol–water partition coefficient (Wildman–Crippen LogP) is 6.83. The van der Waals surface area contributed by atoms with E-state index in [0.29, 0.717) is 22.3 Å². The van der Waals surface area contributed by atoms with Gasteiger partial charge in [0.25, 0.3) is 0 Å². The van der Waals surface area contributed by atoms with E-state index in [1.54, 1.807) is 0 Å². The monoisotopic (exact) mass is 456 g/mol. The molecule has 0 saturated carbocycles. The van der Waals surface area contributed by atoms with E-state index in [0.717, 1.165) is 16.7 Å². The number of hydrogen-bond donors (Lipinski definition) is 2. The topological polar surface area (TPSA) is 40.5 Å². The Bertz CT molecular complexity index is 1370. The van der Waals surface area contributed by atoms with Crippen LogP contribution in [0.4, 0.5) is 0 Å². The maximum Gasteiger partial charge on any atom is 0.152 e. The second kappa shape index (κ2) is 9.34. The first-order valence-corrected chi connectivity index (χ1v) is 11.8. The predicted molar refractivity (Wildman–Crippen MR) is 142 cm³/mol. The molecule has 1 atom stereocenters. The minimum Gasteiger partial charge on any atom is -0.377 e. The second-order valence-electron chi connectivity index (χ2n) is 8.88. The minimum atomic E-state index is -1.81. The molecule has 0 aliphatic heterocycles. The first kappa shape index (κ1) is 22.8. The fourth-order valence-corrected chi connectivity index (χ4v) is 5.09. The summed E-state index contributed by atoms with van der Waals surface area (Å²) in [6.07, 6.45) is 0. The van der Waals surface area contributed by atoms with Crippen molar-refractivity contribution in [3.05, 3.63) is 167 Å². The molecule has 172 valence electrons. The Hall–Kier alpha value is -3.98. The molecule has 35 heavy (non-hydrogen) atoms. The van der Waals surface area contributed by atoms with Crippen LogP contribution in [-0.2, 0) is 11.2 Å². The molecule has 0 amide bonds. The van der Waals surface area contributed by atoms with Gasteiger partial charge in [0.2, 0.25) is 0 Å². The zero-order valence-corrected chi connectivity index (χ0v) is 19.7. The first-order valence-electron chi connectivity index (χ1n) is 11.8. The summed E-state index contributed by atoms with van der Waals surface area (Å²) in [5.74, 6) is 0. The van der Waals surface area contributed by atoms with Crippen LogP contribution in [0.25, 0.3) is 11.1 Å². The molecular weight excluding hydrogens is 428 g/mol. The minimum absolute atomic E-state index is 0.608. The van der Waals surface area contributed by atoms with Crippen LogP contribution >= 0.6 is 0 Å². The lowest BCUT2D eigenvalue weighted by molar-refractivity contribution is -0.112. The second-order valence-corrected chi connectivity index (χ2v) is 8.88. The van der Waals surface area contributed by atoms with E-state index in [1.807, 2.05) is 127 Å². The highest BCUT2D eigenvalue weighted by Crippen LogP contribution is 2.51. The van der Waals surface area contributed by atoms with Crippen LogP contribution in [0.2, 0.25) is 0 Å². The molecule has 0 bridgehead atoms. The maximum absolute atomic E-state index is 13.1. The molecule has 0 saturated heterocycles.